The first-order valence-electron chi connectivity index (χ1n) is 11.3. The number of amides is 3. The summed E-state index contributed by atoms with van der Waals surface area (Å²) in [6.07, 6.45) is 1.88. The molecule has 3 aromatic carbocycles. The molecule has 0 aromatic heterocycles. The molecule has 2 bridgehead atoms. The third-order valence-corrected chi connectivity index (χ3v) is 7.70. The Morgan fingerprint density at radius 3 is 2.41 bits per heavy atom. The number of nitrogens with zero attached hydrogens (tertiary/aromatic N) is 1. The zero-order valence-corrected chi connectivity index (χ0v) is 17.6. The van der Waals surface area contributed by atoms with Crippen LogP contribution in [-0.4, -0.2) is 29.2 Å². The topological polar surface area (TPSA) is 66.5 Å². The first-order valence-corrected chi connectivity index (χ1v) is 11.3. The highest BCUT2D eigenvalue weighted by atomic mass is 16.2. The number of anilines is 1. The Balaban J connectivity index is 1.20. The predicted molar refractivity (Wildman–Crippen MR) is 122 cm³/mol. The van der Waals surface area contributed by atoms with Crippen LogP contribution in [0.4, 0.5) is 5.69 Å². The van der Waals surface area contributed by atoms with Crippen molar-refractivity contribution < 1.29 is 14.4 Å². The van der Waals surface area contributed by atoms with E-state index < -0.39 is 0 Å². The molecule has 1 aliphatic heterocycles. The number of hydrogen-bond donors (Lipinski definition) is 1. The van der Waals surface area contributed by atoms with Gasteiger partial charge in [-0.15, -0.1) is 0 Å². The number of imide groups is 1. The van der Waals surface area contributed by atoms with Crippen LogP contribution in [0.3, 0.4) is 0 Å². The second kappa shape index (κ2) is 7.30. The number of likely N-dealkylation sites (tertiary alicyclic amines) is 1. The lowest BCUT2D eigenvalue weighted by molar-refractivity contribution is -0.143. The molecule has 3 aliphatic rings. The quantitative estimate of drug-likeness (QED) is 0.639. The molecule has 1 N–H and O–H groups in total. The van der Waals surface area contributed by atoms with Gasteiger partial charge in [0, 0.05) is 11.1 Å². The van der Waals surface area contributed by atoms with Crippen LogP contribution in [0.2, 0.25) is 0 Å². The average molecular weight is 425 g/mol. The fraction of sp³-hybridized carbons (Fsp3) is 0.296. The van der Waals surface area contributed by atoms with Crippen molar-refractivity contribution in [3.8, 4) is 0 Å². The summed E-state index contributed by atoms with van der Waals surface area (Å²) in [5.74, 6) is -0.450. The minimum absolute atomic E-state index is 0.160. The lowest BCUT2D eigenvalue weighted by Crippen LogP contribution is -2.39. The van der Waals surface area contributed by atoms with Crippen LogP contribution in [-0.2, 0) is 14.4 Å². The molecular formula is C27H24N2O3. The number of benzene rings is 3. The van der Waals surface area contributed by atoms with E-state index in [9.17, 15) is 14.4 Å². The van der Waals surface area contributed by atoms with E-state index in [1.165, 1.54) is 10.5 Å². The number of carbonyl (C=O) groups excluding carboxylic acids is 3. The molecule has 5 atom stereocenters. The van der Waals surface area contributed by atoms with Gasteiger partial charge in [-0.3, -0.25) is 19.3 Å². The highest BCUT2D eigenvalue weighted by Crippen LogP contribution is 2.61. The van der Waals surface area contributed by atoms with Crippen LogP contribution in [0.15, 0.2) is 72.8 Å². The molecule has 2 saturated carbocycles. The minimum Gasteiger partial charge on any atom is -0.324 e. The number of rotatable bonds is 4. The van der Waals surface area contributed by atoms with Gasteiger partial charge < -0.3 is 5.32 Å². The summed E-state index contributed by atoms with van der Waals surface area (Å²) in [4.78, 5) is 40.5. The van der Waals surface area contributed by atoms with Gasteiger partial charge in [-0.05, 0) is 47.6 Å². The highest BCUT2D eigenvalue weighted by molar-refractivity contribution is 6.10. The second-order valence-corrected chi connectivity index (χ2v) is 9.30. The molecule has 3 fully saturated rings. The smallest absolute Gasteiger partial charge is 0.244 e. The SMILES string of the molecule is O=C(CN1C(=O)[C@@H]2[C@@H]3C[C@H]([C@H]2C1=O)[C@H](c1ccccc1)C3)Nc1cccc2ccccc12. The summed E-state index contributed by atoms with van der Waals surface area (Å²) in [5, 5.41) is 4.86. The van der Waals surface area contributed by atoms with Gasteiger partial charge in [0.15, 0.2) is 0 Å². The molecule has 1 heterocycles. The summed E-state index contributed by atoms with van der Waals surface area (Å²) >= 11 is 0. The van der Waals surface area contributed by atoms with E-state index in [2.05, 4.69) is 17.4 Å². The maximum Gasteiger partial charge on any atom is 0.244 e. The zero-order valence-electron chi connectivity index (χ0n) is 17.6. The molecule has 3 aromatic rings. The van der Waals surface area contributed by atoms with Gasteiger partial charge in [0.25, 0.3) is 0 Å². The largest absolute Gasteiger partial charge is 0.324 e. The summed E-state index contributed by atoms with van der Waals surface area (Å²) in [7, 11) is 0. The van der Waals surface area contributed by atoms with Crippen LogP contribution in [0.1, 0.15) is 24.3 Å². The molecule has 5 nitrogen and oxygen atoms in total. The molecule has 1 saturated heterocycles. The zero-order chi connectivity index (χ0) is 21.8. The van der Waals surface area contributed by atoms with Crippen molar-refractivity contribution in [3.63, 3.8) is 0 Å². The Labute approximate surface area is 186 Å². The molecule has 3 amide bonds. The number of nitrogens with one attached hydrogen (secondary N) is 1. The molecule has 5 heteroatoms. The third-order valence-electron chi connectivity index (χ3n) is 7.70. The van der Waals surface area contributed by atoms with Crippen molar-refractivity contribution >= 4 is 34.2 Å². The molecule has 6 rings (SSSR count). The van der Waals surface area contributed by atoms with E-state index in [1.54, 1.807) is 0 Å². The van der Waals surface area contributed by atoms with E-state index in [-0.39, 0.29) is 47.9 Å². The maximum atomic E-state index is 13.3. The van der Waals surface area contributed by atoms with E-state index >= 15 is 0 Å². The highest BCUT2D eigenvalue weighted by Gasteiger charge is 2.63. The fourth-order valence-corrected chi connectivity index (χ4v) is 6.43. The second-order valence-electron chi connectivity index (χ2n) is 9.30. The van der Waals surface area contributed by atoms with E-state index in [1.807, 2.05) is 60.7 Å². The van der Waals surface area contributed by atoms with Gasteiger partial charge >= 0.3 is 0 Å². The van der Waals surface area contributed by atoms with Gasteiger partial charge in [0.2, 0.25) is 17.7 Å². The standard InChI is InChI=1S/C27H24N2O3/c30-23(28-22-12-6-10-16-9-4-5-11-19(16)22)15-29-26(31)24-18-13-20(17-7-2-1-3-8-17)21(14-18)25(24)27(29)32/h1-12,18,20-21,24-25H,13-15H2,(H,28,30)/t18-,20-,21-,24+,25+/m0/s1. The Morgan fingerprint density at radius 2 is 1.56 bits per heavy atom. The van der Waals surface area contributed by atoms with Crippen molar-refractivity contribution in [2.24, 2.45) is 23.7 Å². The predicted octanol–water partition coefficient (Wildman–Crippen LogP) is 4.20. The Kier molecular flexibility index (Phi) is 4.39. The molecule has 160 valence electrons. The lowest BCUT2D eigenvalue weighted by Gasteiger charge is -2.28. The molecule has 32 heavy (non-hydrogen) atoms. The first kappa shape index (κ1) is 19.2. The Morgan fingerprint density at radius 1 is 0.844 bits per heavy atom. The lowest BCUT2D eigenvalue weighted by atomic mass is 9.73. The van der Waals surface area contributed by atoms with Crippen molar-refractivity contribution in [1.82, 2.24) is 4.90 Å². The summed E-state index contributed by atoms with van der Waals surface area (Å²) in [5.41, 5.74) is 1.95. The molecule has 2 aliphatic carbocycles. The number of carbonyl (C=O) groups is 3. The molecular weight excluding hydrogens is 400 g/mol. The number of hydrogen-bond acceptors (Lipinski definition) is 3. The van der Waals surface area contributed by atoms with Crippen molar-refractivity contribution in [2.75, 3.05) is 11.9 Å². The molecule has 0 radical (unpaired) electrons. The van der Waals surface area contributed by atoms with Crippen LogP contribution < -0.4 is 5.32 Å². The summed E-state index contributed by atoms with van der Waals surface area (Å²) in [6, 6.07) is 23.8. The molecule has 0 spiro atoms. The number of fused-ring (bicyclic) bond motifs is 6. The normalized spacial score (nSPS) is 28.4. The maximum absolute atomic E-state index is 13.3. The first-order chi connectivity index (χ1) is 15.6. The van der Waals surface area contributed by atoms with Crippen molar-refractivity contribution in [1.29, 1.82) is 0 Å². The van der Waals surface area contributed by atoms with Gasteiger partial charge in [0.1, 0.15) is 6.54 Å². The Bertz CT molecular complexity index is 1230. The minimum atomic E-state index is -0.338. The van der Waals surface area contributed by atoms with E-state index in [0.29, 0.717) is 11.6 Å². The Hall–Kier alpha value is -3.47. The van der Waals surface area contributed by atoms with E-state index in [0.717, 1.165) is 23.6 Å². The summed E-state index contributed by atoms with van der Waals surface area (Å²) in [6.45, 7) is -0.219. The van der Waals surface area contributed by atoms with Gasteiger partial charge in [0.05, 0.1) is 11.8 Å². The van der Waals surface area contributed by atoms with Gasteiger partial charge in [-0.2, -0.15) is 0 Å². The van der Waals surface area contributed by atoms with Gasteiger partial charge in [-0.1, -0.05) is 66.7 Å². The van der Waals surface area contributed by atoms with Crippen molar-refractivity contribution in [3.05, 3.63) is 78.4 Å². The van der Waals surface area contributed by atoms with Crippen LogP contribution in [0, 0.1) is 23.7 Å². The van der Waals surface area contributed by atoms with Gasteiger partial charge in [-0.25, -0.2) is 0 Å². The van der Waals surface area contributed by atoms with Crippen molar-refractivity contribution in [2.45, 2.75) is 18.8 Å². The fourth-order valence-electron chi connectivity index (χ4n) is 6.43. The van der Waals surface area contributed by atoms with Crippen LogP contribution in [0.5, 0.6) is 0 Å². The molecule has 0 unspecified atom stereocenters. The van der Waals surface area contributed by atoms with Crippen LogP contribution in [0.25, 0.3) is 10.8 Å². The monoisotopic (exact) mass is 424 g/mol. The average Bonchev–Trinajstić information content (AvgIpc) is 3.48. The van der Waals surface area contributed by atoms with E-state index in [4.69, 9.17) is 0 Å². The van der Waals surface area contributed by atoms with Crippen LogP contribution >= 0.6 is 0 Å². The summed E-state index contributed by atoms with van der Waals surface area (Å²) < 4.78 is 0. The third kappa shape index (κ3) is 2.88.